The number of nitrogens with zero attached hydrogens (tertiary/aromatic N) is 2. The molecule has 1 heterocycles. The number of hydrogen-bond donors (Lipinski definition) is 2. The molecule has 0 aliphatic carbocycles. The van der Waals surface area contributed by atoms with Crippen LogP contribution < -0.4 is 5.73 Å². The van der Waals surface area contributed by atoms with Crippen molar-refractivity contribution in [3.05, 3.63) is 193 Å². The second-order valence-electron chi connectivity index (χ2n) is 12.3. The van der Waals surface area contributed by atoms with Crippen molar-refractivity contribution in [3.63, 3.8) is 0 Å². The summed E-state index contributed by atoms with van der Waals surface area (Å²) in [7, 11) is 0. The summed E-state index contributed by atoms with van der Waals surface area (Å²) in [6.07, 6.45) is 0. The van der Waals surface area contributed by atoms with E-state index in [9.17, 15) is 0 Å². The van der Waals surface area contributed by atoms with Gasteiger partial charge in [0.05, 0.1) is 21.8 Å². The van der Waals surface area contributed by atoms with E-state index in [0.29, 0.717) is 10.9 Å². The highest BCUT2D eigenvalue weighted by Gasteiger charge is 2.18. The quantitative estimate of drug-likeness (QED) is 0.0955. The second-order valence-corrected chi connectivity index (χ2v) is 13.5. The van der Waals surface area contributed by atoms with Crippen LogP contribution in [-0.4, -0.2) is 15.0 Å². The molecule has 4 nitrogen and oxygen atoms in total. The molecule has 0 saturated carbocycles. The van der Waals surface area contributed by atoms with Crippen molar-refractivity contribution in [2.24, 2.45) is 5.73 Å². The third-order valence-electron chi connectivity index (χ3n) is 9.04. The van der Waals surface area contributed by atoms with Crippen LogP contribution >= 0.6 is 11.8 Å². The Morgan fingerprint density at radius 3 is 1.67 bits per heavy atom. The van der Waals surface area contributed by atoms with Crippen molar-refractivity contribution in [2.75, 3.05) is 0 Å². The van der Waals surface area contributed by atoms with Gasteiger partial charge >= 0.3 is 0 Å². The maximum Gasteiger partial charge on any atom is 0.160 e. The predicted octanol–water partition coefficient (Wildman–Crippen LogP) is 11.7. The van der Waals surface area contributed by atoms with E-state index in [0.717, 1.165) is 72.2 Å². The summed E-state index contributed by atoms with van der Waals surface area (Å²) in [5.41, 5.74) is 17.4. The van der Waals surface area contributed by atoms with Crippen LogP contribution in [0.3, 0.4) is 0 Å². The topological polar surface area (TPSA) is 75.7 Å². The summed E-state index contributed by atoms with van der Waals surface area (Å²) < 4.78 is 0. The highest BCUT2D eigenvalue weighted by molar-refractivity contribution is 8.14. The fourth-order valence-corrected chi connectivity index (χ4v) is 7.23. The van der Waals surface area contributed by atoms with E-state index in [1.807, 2.05) is 78.9 Å². The highest BCUT2D eigenvalue weighted by atomic mass is 32.2. The first kappa shape index (κ1) is 32.1. The van der Waals surface area contributed by atoms with Gasteiger partial charge in [0, 0.05) is 22.3 Å². The summed E-state index contributed by atoms with van der Waals surface area (Å²) in [6, 6.07) is 62.3. The summed E-state index contributed by atoms with van der Waals surface area (Å²) in [6.45, 7) is 0. The molecule has 0 fully saturated rings. The lowest BCUT2D eigenvalue weighted by Gasteiger charge is -2.17. The number of rotatable bonds is 8. The molecule has 1 unspecified atom stereocenters. The monoisotopic (exact) mass is 674 g/mol. The van der Waals surface area contributed by atoms with Crippen LogP contribution in [0.15, 0.2) is 182 Å². The van der Waals surface area contributed by atoms with E-state index in [1.165, 1.54) is 11.8 Å². The van der Waals surface area contributed by atoms with Crippen molar-refractivity contribution < 1.29 is 0 Å². The second kappa shape index (κ2) is 14.4. The maximum atomic E-state index is 8.82. The summed E-state index contributed by atoms with van der Waals surface area (Å²) in [5, 5.41) is 11.3. The minimum atomic E-state index is -0.312. The lowest BCUT2D eigenvalue weighted by molar-refractivity contribution is 1.04. The van der Waals surface area contributed by atoms with Crippen LogP contribution in [0.1, 0.15) is 16.5 Å². The first-order valence-electron chi connectivity index (χ1n) is 16.9. The maximum absolute atomic E-state index is 8.82. The molecule has 1 atom stereocenters. The van der Waals surface area contributed by atoms with Gasteiger partial charge in [0.25, 0.3) is 0 Å². The van der Waals surface area contributed by atoms with E-state index in [2.05, 4.69) is 103 Å². The van der Waals surface area contributed by atoms with E-state index in [-0.39, 0.29) is 5.37 Å². The van der Waals surface area contributed by atoms with Crippen LogP contribution in [0.25, 0.3) is 66.9 Å². The molecule has 0 radical (unpaired) electrons. The number of hydrogen-bond acceptors (Lipinski definition) is 5. The van der Waals surface area contributed by atoms with Crippen LogP contribution in [0.4, 0.5) is 0 Å². The van der Waals surface area contributed by atoms with Crippen molar-refractivity contribution in [3.8, 4) is 56.2 Å². The van der Waals surface area contributed by atoms with Crippen molar-refractivity contribution >= 4 is 27.6 Å². The SMILES string of the molecule is N=C(SC(N)c1ccccc1)c1ccc(-c2cc3ccccc3cc2-c2ccccc2-c2cc(-c3ccccc3)nc(-c3ccccc3)n2)cc1. The van der Waals surface area contributed by atoms with E-state index >= 15 is 0 Å². The summed E-state index contributed by atoms with van der Waals surface area (Å²) in [5.74, 6) is 0.684. The molecular weight excluding hydrogens is 641 g/mol. The molecule has 8 rings (SSSR count). The number of thioether (sulfide) groups is 1. The molecule has 51 heavy (non-hydrogen) atoms. The van der Waals surface area contributed by atoms with E-state index in [4.69, 9.17) is 21.1 Å². The highest BCUT2D eigenvalue weighted by Crippen LogP contribution is 2.41. The molecule has 7 aromatic carbocycles. The molecule has 1 aromatic heterocycles. The number of aromatic nitrogens is 2. The van der Waals surface area contributed by atoms with Gasteiger partial charge in [-0.15, -0.1) is 0 Å². The zero-order valence-corrected chi connectivity index (χ0v) is 28.6. The van der Waals surface area contributed by atoms with Crippen LogP contribution in [0.2, 0.25) is 0 Å². The summed E-state index contributed by atoms with van der Waals surface area (Å²) in [4.78, 5) is 10.2. The molecule has 5 heteroatoms. The van der Waals surface area contributed by atoms with Gasteiger partial charge in [-0.25, -0.2) is 9.97 Å². The fraction of sp³-hybridized carbons (Fsp3) is 0.0217. The lowest BCUT2D eigenvalue weighted by atomic mass is 9.88. The van der Waals surface area contributed by atoms with Gasteiger partial charge in [-0.05, 0) is 56.8 Å². The number of nitrogens with two attached hydrogens (primary N) is 1. The van der Waals surface area contributed by atoms with Gasteiger partial charge < -0.3 is 5.73 Å². The van der Waals surface area contributed by atoms with Crippen LogP contribution in [0, 0.1) is 5.41 Å². The zero-order valence-electron chi connectivity index (χ0n) is 27.8. The van der Waals surface area contributed by atoms with Gasteiger partial charge in [-0.2, -0.15) is 0 Å². The van der Waals surface area contributed by atoms with Crippen molar-refractivity contribution in [1.82, 2.24) is 9.97 Å². The van der Waals surface area contributed by atoms with Crippen molar-refractivity contribution in [1.29, 1.82) is 5.41 Å². The van der Waals surface area contributed by atoms with E-state index < -0.39 is 0 Å². The van der Waals surface area contributed by atoms with Gasteiger partial charge in [0.15, 0.2) is 5.82 Å². The van der Waals surface area contributed by atoms with Gasteiger partial charge in [0.2, 0.25) is 0 Å². The molecule has 0 amide bonds. The van der Waals surface area contributed by atoms with Crippen LogP contribution in [0.5, 0.6) is 0 Å². The molecule has 3 N–H and O–H groups in total. The Kier molecular flexibility index (Phi) is 9.05. The first-order chi connectivity index (χ1) is 25.1. The molecular formula is C46H34N4S. The average molecular weight is 675 g/mol. The minimum absolute atomic E-state index is 0.312. The lowest BCUT2D eigenvalue weighted by Crippen LogP contribution is -2.09. The first-order valence-corrected chi connectivity index (χ1v) is 17.8. The third-order valence-corrected chi connectivity index (χ3v) is 10.0. The smallest absolute Gasteiger partial charge is 0.160 e. The van der Waals surface area contributed by atoms with Crippen molar-refractivity contribution in [2.45, 2.75) is 5.37 Å². The predicted molar refractivity (Wildman–Crippen MR) is 215 cm³/mol. The van der Waals surface area contributed by atoms with Gasteiger partial charge in [-0.1, -0.05) is 176 Å². The minimum Gasteiger partial charge on any atom is -0.315 e. The largest absolute Gasteiger partial charge is 0.315 e. The Morgan fingerprint density at radius 1 is 0.471 bits per heavy atom. The number of benzene rings is 7. The van der Waals surface area contributed by atoms with Gasteiger partial charge in [0.1, 0.15) is 0 Å². The standard InChI is InChI=1S/C46H34N4S/c47-44(33-16-6-2-7-17-33)51-45(48)34-26-24-31(25-27-34)40-28-36-20-10-11-21-37(36)29-41(40)38-22-12-13-23-39(38)43-30-42(32-14-4-1-5-15-32)49-46(50-43)35-18-8-3-9-19-35/h1-30,44,48H,47H2. The Hall–Kier alpha value is -6.14. The number of fused-ring (bicyclic) bond motifs is 1. The molecule has 244 valence electrons. The zero-order chi connectivity index (χ0) is 34.6. The molecule has 0 bridgehead atoms. The molecule has 0 saturated heterocycles. The molecule has 8 aromatic rings. The molecule has 0 aliphatic rings. The Balaban J connectivity index is 1.23. The summed E-state index contributed by atoms with van der Waals surface area (Å²) >= 11 is 1.36. The van der Waals surface area contributed by atoms with E-state index in [1.54, 1.807) is 0 Å². The molecule has 0 spiro atoms. The Bertz CT molecular complexity index is 2410. The Labute approximate surface area is 302 Å². The van der Waals surface area contributed by atoms with Crippen LogP contribution in [-0.2, 0) is 0 Å². The van der Waals surface area contributed by atoms with Gasteiger partial charge in [-0.3, -0.25) is 5.41 Å². The third kappa shape index (κ3) is 6.86. The average Bonchev–Trinajstić information content (AvgIpc) is 3.21. The fourth-order valence-electron chi connectivity index (χ4n) is 6.41. The number of nitrogens with one attached hydrogen (secondary N) is 1. The molecule has 0 aliphatic heterocycles. The normalized spacial score (nSPS) is 11.7. The Morgan fingerprint density at radius 2 is 1.00 bits per heavy atom.